The monoisotopic (exact) mass is 233 g/mol. The van der Waals surface area contributed by atoms with E-state index in [9.17, 15) is 4.79 Å². The van der Waals surface area contributed by atoms with Crippen molar-refractivity contribution >= 4 is 5.91 Å². The minimum absolute atomic E-state index is 0.0279. The first-order valence-electron chi connectivity index (χ1n) is 5.79. The predicted molar refractivity (Wildman–Crippen MR) is 61.6 cm³/mol. The number of pyridine rings is 1. The highest BCUT2D eigenvalue weighted by molar-refractivity contribution is 5.86. The molecule has 17 heavy (non-hydrogen) atoms. The maximum atomic E-state index is 12.2. The molecule has 0 bridgehead atoms. The van der Waals surface area contributed by atoms with Gasteiger partial charge in [-0.2, -0.15) is 0 Å². The maximum Gasteiger partial charge on any atom is 0.265 e. The zero-order valence-corrected chi connectivity index (χ0v) is 9.77. The smallest absolute Gasteiger partial charge is 0.265 e. The molecule has 2 aliphatic heterocycles. The van der Waals surface area contributed by atoms with Crippen LogP contribution in [0.4, 0.5) is 0 Å². The molecule has 1 spiro atoms. The lowest BCUT2D eigenvalue weighted by atomic mass is 10.0. The third-order valence-corrected chi connectivity index (χ3v) is 3.41. The quantitative estimate of drug-likeness (QED) is 0.694. The summed E-state index contributed by atoms with van der Waals surface area (Å²) in [5, 5.41) is 2.90. The molecule has 1 N–H and O–H groups in total. The molecular weight excluding hydrogens is 218 g/mol. The van der Waals surface area contributed by atoms with Gasteiger partial charge in [0, 0.05) is 25.7 Å². The van der Waals surface area contributed by atoms with E-state index in [1.807, 2.05) is 19.2 Å². The first-order valence-corrected chi connectivity index (χ1v) is 5.79. The van der Waals surface area contributed by atoms with E-state index in [-0.39, 0.29) is 5.91 Å². The Morgan fingerprint density at radius 3 is 3.24 bits per heavy atom. The Morgan fingerprint density at radius 1 is 1.59 bits per heavy atom. The molecule has 0 saturated carbocycles. The van der Waals surface area contributed by atoms with Gasteiger partial charge in [-0.1, -0.05) is 0 Å². The Balaban J connectivity index is 1.99. The van der Waals surface area contributed by atoms with Crippen LogP contribution in [0.25, 0.3) is 0 Å². The number of likely N-dealkylation sites (N-methyl/N-ethyl adjacent to an activating group) is 1. The SMILES string of the molecule is CN1CCC2(C1)Oc1cccnc1CNC2=O. The summed E-state index contributed by atoms with van der Waals surface area (Å²) in [4.78, 5) is 18.5. The highest BCUT2D eigenvalue weighted by Crippen LogP contribution is 2.31. The normalized spacial score (nSPS) is 28.4. The second-order valence-corrected chi connectivity index (χ2v) is 4.72. The third-order valence-electron chi connectivity index (χ3n) is 3.41. The number of aromatic nitrogens is 1. The number of likely N-dealkylation sites (tertiary alicyclic amines) is 1. The lowest BCUT2D eigenvalue weighted by Gasteiger charge is -2.26. The molecule has 1 fully saturated rings. The fourth-order valence-corrected chi connectivity index (χ4v) is 2.47. The largest absolute Gasteiger partial charge is 0.474 e. The molecule has 1 saturated heterocycles. The highest BCUT2D eigenvalue weighted by Gasteiger charge is 2.47. The molecule has 3 rings (SSSR count). The molecule has 1 atom stereocenters. The van der Waals surface area contributed by atoms with Gasteiger partial charge in [0.05, 0.1) is 6.54 Å². The van der Waals surface area contributed by atoms with Crippen molar-refractivity contribution in [3.8, 4) is 5.75 Å². The molecule has 2 aliphatic rings. The van der Waals surface area contributed by atoms with Crippen molar-refractivity contribution in [2.75, 3.05) is 20.1 Å². The number of carbonyl (C=O) groups excluding carboxylic acids is 1. The van der Waals surface area contributed by atoms with Gasteiger partial charge in [-0.15, -0.1) is 0 Å². The number of carbonyl (C=O) groups is 1. The molecule has 5 heteroatoms. The van der Waals surface area contributed by atoms with Gasteiger partial charge in [-0.3, -0.25) is 9.78 Å². The molecule has 3 heterocycles. The molecule has 1 aromatic heterocycles. The van der Waals surface area contributed by atoms with Crippen molar-refractivity contribution in [3.05, 3.63) is 24.0 Å². The van der Waals surface area contributed by atoms with Crippen LogP contribution in [0, 0.1) is 0 Å². The molecular formula is C12H15N3O2. The molecule has 1 amide bonds. The summed E-state index contributed by atoms with van der Waals surface area (Å²) in [5.41, 5.74) is 0.0653. The number of nitrogens with one attached hydrogen (secondary N) is 1. The van der Waals surface area contributed by atoms with Crippen LogP contribution < -0.4 is 10.1 Å². The van der Waals surface area contributed by atoms with E-state index in [4.69, 9.17) is 4.74 Å². The minimum atomic E-state index is -0.733. The average molecular weight is 233 g/mol. The number of hydrogen-bond donors (Lipinski definition) is 1. The van der Waals surface area contributed by atoms with Crippen molar-refractivity contribution in [3.63, 3.8) is 0 Å². The second-order valence-electron chi connectivity index (χ2n) is 4.72. The second kappa shape index (κ2) is 3.70. The van der Waals surface area contributed by atoms with Crippen molar-refractivity contribution in [2.45, 2.75) is 18.6 Å². The summed E-state index contributed by atoms with van der Waals surface area (Å²) >= 11 is 0. The maximum absolute atomic E-state index is 12.2. The van der Waals surface area contributed by atoms with E-state index >= 15 is 0 Å². The summed E-state index contributed by atoms with van der Waals surface area (Å²) in [6, 6.07) is 3.71. The van der Waals surface area contributed by atoms with Crippen LogP contribution in [0.1, 0.15) is 12.1 Å². The number of hydrogen-bond acceptors (Lipinski definition) is 4. The summed E-state index contributed by atoms with van der Waals surface area (Å²) in [6.45, 7) is 1.96. The van der Waals surface area contributed by atoms with Gasteiger partial charge in [-0.05, 0) is 19.2 Å². The number of fused-ring (bicyclic) bond motifs is 1. The Labute approximate surface area is 99.8 Å². The van der Waals surface area contributed by atoms with Gasteiger partial charge in [0.2, 0.25) is 5.60 Å². The molecule has 90 valence electrons. The summed E-state index contributed by atoms with van der Waals surface area (Å²) in [5.74, 6) is 0.695. The topological polar surface area (TPSA) is 54.5 Å². The Hall–Kier alpha value is -1.62. The van der Waals surface area contributed by atoms with E-state index in [1.165, 1.54) is 0 Å². The predicted octanol–water partition coefficient (Wildman–Crippen LogP) is 0.164. The van der Waals surface area contributed by atoms with Gasteiger partial charge in [-0.25, -0.2) is 0 Å². The summed E-state index contributed by atoms with van der Waals surface area (Å²) < 4.78 is 5.97. The third kappa shape index (κ3) is 1.67. The Morgan fingerprint density at radius 2 is 2.47 bits per heavy atom. The van der Waals surface area contributed by atoms with Gasteiger partial charge in [0.1, 0.15) is 11.4 Å². The van der Waals surface area contributed by atoms with Crippen molar-refractivity contribution in [1.29, 1.82) is 0 Å². The molecule has 1 unspecified atom stereocenters. The fraction of sp³-hybridized carbons (Fsp3) is 0.500. The van der Waals surface area contributed by atoms with Crippen LogP contribution in [0.5, 0.6) is 5.75 Å². The van der Waals surface area contributed by atoms with Crippen LogP contribution >= 0.6 is 0 Å². The zero-order chi connectivity index (χ0) is 11.9. The number of rotatable bonds is 0. The van der Waals surface area contributed by atoms with Crippen molar-refractivity contribution in [1.82, 2.24) is 15.2 Å². The van der Waals surface area contributed by atoms with Gasteiger partial charge >= 0.3 is 0 Å². The van der Waals surface area contributed by atoms with Crippen molar-refractivity contribution < 1.29 is 9.53 Å². The van der Waals surface area contributed by atoms with Gasteiger partial charge in [0.25, 0.3) is 5.91 Å². The highest BCUT2D eigenvalue weighted by atomic mass is 16.5. The van der Waals surface area contributed by atoms with Crippen LogP contribution in [-0.4, -0.2) is 41.5 Å². The molecule has 5 nitrogen and oxygen atoms in total. The Kier molecular flexibility index (Phi) is 2.29. The van der Waals surface area contributed by atoms with Crippen LogP contribution in [0.15, 0.2) is 18.3 Å². The molecule has 1 aromatic rings. The minimum Gasteiger partial charge on any atom is -0.474 e. The van der Waals surface area contributed by atoms with E-state index in [2.05, 4.69) is 15.2 Å². The first kappa shape index (κ1) is 10.5. The average Bonchev–Trinajstić information content (AvgIpc) is 2.63. The van der Waals surface area contributed by atoms with E-state index in [0.29, 0.717) is 13.1 Å². The van der Waals surface area contributed by atoms with Crippen molar-refractivity contribution in [2.24, 2.45) is 0 Å². The van der Waals surface area contributed by atoms with E-state index < -0.39 is 5.60 Å². The molecule has 0 radical (unpaired) electrons. The van der Waals surface area contributed by atoms with E-state index in [0.717, 1.165) is 24.4 Å². The van der Waals surface area contributed by atoms with E-state index in [1.54, 1.807) is 6.20 Å². The van der Waals surface area contributed by atoms with Gasteiger partial charge < -0.3 is 15.0 Å². The number of ether oxygens (including phenoxy) is 1. The van der Waals surface area contributed by atoms with Gasteiger partial charge in [0.15, 0.2) is 0 Å². The zero-order valence-electron chi connectivity index (χ0n) is 9.77. The Bertz CT molecular complexity index is 463. The number of nitrogens with zero attached hydrogens (tertiary/aromatic N) is 2. The first-order chi connectivity index (χ1) is 8.20. The van der Waals surface area contributed by atoms with Crippen LogP contribution in [0.2, 0.25) is 0 Å². The lowest BCUT2D eigenvalue weighted by molar-refractivity contribution is -0.135. The van der Waals surface area contributed by atoms with Crippen LogP contribution in [0.3, 0.4) is 0 Å². The summed E-state index contributed by atoms with van der Waals surface area (Å²) in [7, 11) is 2.00. The molecule has 0 aliphatic carbocycles. The number of amides is 1. The lowest BCUT2D eigenvalue weighted by Crippen LogP contribution is -2.51. The molecule has 0 aromatic carbocycles. The van der Waals surface area contributed by atoms with Crippen LogP contribution in [-0.2, 0) is 11.3 Å². The summed E-state index contributed by atoms with van der Waals surface area (Å²) in [6.07, 6.45) is 2.44. The standard InChI is InChI=1S/C12H15N3O2/c1-15-6-4-12(8-15)11(16)14-7-9-10(17-12)3-2-5-13-9/h2-3,5H,4,6-8H2,1H3,(H,14,16). The fourth-order valence-electron chi connectivity index (χ4n) is 2.47.